The molecule has 0 aliphatic heterocycles. The third-order valence-corrected chi connectivity index (χ3v) is 3.23. The molecule has 0 heterocycles. The molecule has 0 radical (unpaired) electrons. The van der Waals surface area contributed by atoms with Crippen LogP contribution in [0.25, 0.3) is 0 Å². The van der Waals surface area contributed by atoms with Gasteiger partial charge in [-0.25, -0.2) is 0 Å². The third-order valence-electron chi connectivity index (χ3n) is 3.23. The summed E-state index contributed by atoms with van der Waals surface area (Å²) in [5, 5.41) is 0. The van der Waals surface area contributed by atoms with Crippen molar-refractivity contribution in [1.82, 2.24) is 4.90 Å². The molecule has 1 atom stereocenters. The van der Waals surface area contributed by atoms with E-state index >= 15 is 0 Å². The highest BCUT2D eigenvalue weighted by Crippen LogP contribution is 2.14. The van der Waals surface area contributed by atoms with Crippen LogP contribution in [0.5, 0.6) is 0 Å². The van der Waals surface area contributed by atoms with Crippen molar-refractivity contribution in [3.63, 3.8) is 0 Å². The number of carbonyl (C=O) groups is 1. The van der Waals surface area contributed by atoms with Gasteiger partial charge < -0.3 is 15.5 Å². The summed E-state index contributed by atoms with van der Waals surface area (Å²) in [5.41, 5.74) is 7.45. The second-order valence-electron chi connectivity index (χ2n) is 5.13. The Bertz CT molecular complexity index is 400. The molecule has 106 valence electrons. The zero-order valence-electron chi connectivity index (χ0n) is 12.4. The summed E-state index contributed by atoms with van der Waals surface area (Å²) >= 11 is 0. The second-order valence-corrected chi connectivity index (χ2v) is 5.13. The molecule has 1 unspecified atom stereocenters. The lowest BCUT2D eigenvalue weighted by atomic mass is 10.1. The largest absolute Gasteiger partial charge is 0.378 e. The molecule has 0 spiro atoms. The van der Waals surface area contributed by atoms with Crippen LogP contribution in [0.3, 0.4) is 0 Å². The maximum absolute atomic E-state index is 12.4. The van der Waals surface area contributed by atoms with Crippen LogP contribution in [-0.2, 0) is 0 Å². The first-order chi connectivity index (χ1) is 8.99. The van der Waals surface area contributed by atoms with Gasteiger partial charge in [-0.3, -0.25) is 4.79 Å². The quantitative estimate of drug-likeness (QED) is 0.851. The molecule has 0 bridgehead atoms. The van der Waals surface area contributed by atoms with Gasteiger partial charge in [0.15, 0.2) is 0 Å². The molecule has 0 aliphatic carbocycles. The standard InChI is InChI=1S/C15H25N3O/c1-5-18(11-12(2)10-16)15(19)13-6-8-14(9-7-13)17(3)4/h6-9,12H,5,10-11,16H2,1-4H3. The summed E-state index contributed by atoms with van der Waals surface area (Å²) in [6.45, 7) is 6.07. The Labute approximate surface area is 116 Å². The van der Waals surface area contributed by atoms with Crippen LogP contribution in [0.2, 0.25) is 0 Å². The van der Waals surface area contributed by atoms with Gasteiger partial charge in [0.25, 0.3) is 5.91 Å². The van der Waals surface area contributed by atoms with Crippen LogP contribution in [0.1, 0.15) is 24.2 Å². The average molecular weight is 263 g/mol. The van der Waals surface area contributed by atoms with Crippen molar-refractivity contribution in [2.24, 2.45) is 11.7 Å². The van der Waals surface area contributed by atoms with Crippen LogP contribution >= 0.6 is 0 Å². The molecule has 0 fully saturated rings. The van der Waals surface area contributed by atoms with Crippen LogP contribution in [0.15, 0.2) is 24.3 Å². The average Bonchev–Trinajstić information content (AvgIpc) is 2.43. The van der Waals surface area contributed by atoms with Gasteiger partial charge in [-0.15, -0.1) is 0 Å². The molecule has 0 saturated carbocycles. The van der Waals surface area contributed by atoms with Gasteiger partial charge in [-0.2, -0.15) is 0 Å². The molecular formula is C15H25N3O. The van der Waals surface area contributed by atoms with Crippen molar-refractivity contribution in [3.05, 3.63) is 29.8 Å². The highest BCUT2D eigenvalue weighted by molar-refractivity contribution is 5.94. The van der Waals surface area contributed by atoms with Crippen LogP contribution in [0.4, 0.5) is 5.69 Å². The van der Waals surface area contributed by atoms with Crippen LogP contribution in [-0.4, -0.2) is 44.5 Å². The monoisotopic (exact) mass is 263 g/mol. The Hall–Kier alpha value is -1.55. The molecule has 0 saturated heterocycles. The van der Waals surface area contributed by atoms with Crippen LogP contribution < -0.4 is 10.6 Å². The Kier molecular flexibility index (Phi) is 5.83. The van der Waals surface area contributed by atoms with Gasteiger partial charge in [0.1, 0.15) is 0 Å². The number of hydrogen-bond donors (Lipinski definition) is 1. The zero-order chi connectivity index (χ0) is 14.4. The number of carbonyl (C=O) groups excluding carboxylic acids is 1. The van der Waals surface area contributed by atoms with Gasteiger partial charge in [0, 0.05) is 38.4 Å². The van der Waals surface area contributed by atoms with Gasteiger partial charge in [0.2, 0.25) is 0 Å². The smallest absolute Gasteiger partial charge is 0.253 e. The molecule has 1 aromatic rings. The lowest BCUT2D eigenvalue weighted by Crippen LogP contribution is -2.36. The Balaban J connectivity index is 2.79. The van der Waals surface area contributed by atoms with Gasteiger partial charge in [-0.1, -0.05) is 6.92 Å². The number of amides is 1. The van der Waals surface area contributed by atoms with Crippen molar-refractivity contribution in [2.45, 2.75) is 13.8 Å². The molecule has 4 nitrogen and oxygen atoms in total. The van der Waals surface area contributed by atoms with Gasteiger partial charge in [0.05, 0.1) is 0 Å². The van der Waals surface area contributed by atoms with E-state index in [-0.39, 0.29) is 5.91 Å². The van der Waals surface area contributed by atoms with E-state index < -0.39 is 0 Å². The van der Waals surface area contributed by atoms with E-state index in [4.69, 9.17) is 5.73 Å². The van der Waals surface area contributed by atoms with Crippen LogP contribution in [0, 0.1) is 5.92 Å². The normalized spacial score (nSPS) is 12.1. The lowest BCUT2D eigenvalue weighted by molar-refractivity contribution is 0.0744. The molecule has 1 aromatic carbocycles. The maximum Gasteiger partial charge on any atom is 0.253 e. The molecule has 0 aliphatic rings. The first kappa shape index (κ1) is 15.5. The molecule has 1 amide bonds. The topological polar surface area (TPSA) is 49.6 Å². The van der Waals surface area contributed by atoms with E-state index in [2.05, 4.69) is 6.92 Å². The lowest BCUT2D eigenvalue weighted by Gasteiger charge is -2.24. The first-order valence-corrected chi connectivity index (χ1v) is 6.76. The SMILES string of the molecule is CCN(CC(C)CN)C(=O)c1ccc(N(C)C)cc1. The zero-order valence-corrected chi connectivity index (χ0v) is 12.4. The van der Waals surface area contributed by atoms with E-state index in [9.17, 15) is 4.79 Å². The van der Waals surface area contributed by atoms with E-state index in [1.54, 1.807) is 0 Å². The minimum absolute atomic E-state index is 0.0770. The summed E-state index contributed by atoms with van der Waals surface area (Å²) in [4.78, 5) is 16.2. The van der Waals surface area contributed by atoms with E-state index in [0.717, 1.165) is 11.3 Å². The van der Waals surface area contributed by atoms with Crippen molar-refractivity contribution < 1.29 is 4.79 Å². The van der Waals surface area contributed by atoms with E-state index in [0.29, 0.717) is 25.6 Å². The number of anilines is 1. The minimum Gasteiger partial charge on any atom is -0.378 e. The predicted molar refractivity (Wildman–Crippen MR) is 80.6 cm³/mol. The molecule has 1 rings (SSSR count). The molecule has 2 N–H and O–H groups in total. The Morgan fingerprint density at radius 3 is 2.26 bits per heavy atom. The van der Waals surface area contributed by atoms with E-state index in [1.165, 1.54) is 0 Å². The Morgan fingerprint density at radius 1 is 1.26 bits per heavy atom. The highest BCUT2D eigenvalue weighted by Gasteiger charge is 2.16. The number of nitrogens with two attached hydrogens (primary N) is 1. The maximum atomic E-state index is 12.4. The Morgan fingerprint density at radius 2 is 1.84 bits per heavy atom. The summed E-state index contributed by atoms with van der Waals surface area (Å²) in [6.07, 6.45) is 0. The number of benzene rings is 1. The summed E-state index contributed by atoms with van der Waals surface area (Å²) < 4.78 is 0. The number of nitrogens with zero attached hydrogens (tertiary/aromatic N) is 2. The molecular weight excluding hydrogens is 238 g/mol. The van der Waals surface area contributed by atoms with Gasteiger partial charge >= 0.3 is 0 Å². The predicted octanol–water partition coefficient (Wildman–Crippen LogP) is 1.81. The first-order valence-electron chi connectivity index (χ1n) is 6.76. The summed E-state index contributed by atoms with van der Waals surface area (Å²) in [7, 11) is 3.97. The van der Waals surface area contributed by atoms with Gasteiger partial charge in [-0.05, 0) is 43.7 Å². The molecule has 4 heteroatoms. The number of hydrogen-bond acceptors (Lipinski definition) is 3. The van der Waals surface area contributed by atoms with E-state index in [1.807, 2.05) is 55.1 Å². The highest BCUT2D eigenvalue weighted by atomic mass is 16.2. The third kappa shape index (κ3) is 4.24. The van der Waals surface area contributed by atoms with Crippen molar-refractivity contribution in [3.8, 4) is 0 Å². The fraction of sp³-hybridized carbons (Fsp3) is 0.533. The fourth-order valence-corrected chi connectivity index (χ4v) is 1.89. The summed E-state index contributed by atoms with van der Waals surface area (Å²) in [5.74, 6) is 0.401. The summed E-state index contributed by atoms with van der Waals surface area (Å²) in [6, 6.07) is 7.70. The van der Waals surface area contributed by atoms with Crippen molar-refractivity contribution in [1.29, 1.82) is 0 Å². The second kappa shape index (κ2) is 7.14. The van der Waals surface area contributed by atoms with Crippen molar-refractivity contribution >= 4 is 11.6 Å². The number of rotatable bonds is 6. The fourth-order valence-electron chi connectivity index (χ4n) is 1.89. The molecule has 19 heavy (non-hydrogen) atoms. The molecule has 0 aromatic heterocycles. The minimum atomic E-state index is 0.0770. The van der Waals surface area contributed by atoms with Crippen molar-refractivity contribution in [2.75, 3.05) is 38.6 Å².